The Bertz CT molecular complexity index is 507. The third-order valence-electron chi connectivity index (χ3n) is 2.05. The largest absolute Gasteiger partial charge is 0.395 e. The predicted octanol–water partition coefficient (Wildman–Crippen LogP) is 3.06. The first-order chi connectivity index (χ1) is 7.08. The van der Waals surface area contributed by atoms with Crippen LogP contribution in [-0.2, 0) is 0 Å². The minimum Gasteiger partial charge on any atom is -0.395 e. The third-order valence-corrected chi connectivity index (χ3v) is 3.29. The molecule has 0 aliphatic carbocycles. The van der Waals surface area contributed by atoms with Crippen LogP contribution in [0.15, 0.2) is 12.1 Å². The number of anilines is 1. The predicted molar refractivity (Wildman–Crippen MR) is 64.2 cm³/mol. The summed E-state index contributed by atoms with van der Waals surface area (Å²) in [6.45, 7) is 3.73. The van der Waals surface area contributed by atoms with E-state index < -0.39 is 0 Å². The minimum absolute atomic E-state index is 0.624. The molecule has 2 heterocycles. The van der Waals surface area contributed by atoms with E-state index >= 15 is 0 Å². The van der Waals surface area contributed by atoms with E-state index in [0.29, 0.717) is 5.69 Å². The van der Waals surface area contributed by atoms with Crippen molar-refractivity contribution in [2.75, 3.05) is 5.73 Å². The molecule has 0 atom stereocenters. The Labute approximate surface area is 96.9 Å². The fourth-order valence-electron chi connectivity index (χ4n) is 1.35. The number of rotatable bonds is 1. The SMILES string of the molecule is Cc1nc(C)c(N)c(-c2ccc(Cl)s2)n1. The zero-order chi connectivity index (χ0) is 11.0. The maximum Gasteiger partial charge on any atom is 0.126 e. The first-order valence-corrected chi connectivity index (χ1v) is 5.64. The Hall–Kier alpha value is -1.13. The molecule has 2 aromatic rings. The molecule has 0 saturated carbocycles. The molecule has 0 spiro atoms. The molecule has 0 bridgehead atoms. The van der Waals surface area contributed by atoms with Gasteiger partial charge in [0, 0.05) is 0 Å². The van der Waals surface area contributed by atoms with Crippen molar-refractivity contribution in [1.29, 1.82) is 0 Å². The molecule has 0 amide bonds. The van der Waals surface area contributed by atoms with Crippen LogP contribution in [0.1, 0.15) is 11.5 Å². The van der Waals surface area contributed by atoms with Gasteiger partial charge in [0.25, 0.3) is 0 Å². The Balaban J connectivity index is 2.62. The molecule has 3 nitrogen and oxygen atoms in total. The Morgan fingerprint density at radius 2 is 2.00 bits per heavy atom. The fourth-order valence-corrected chi connectivity index (χ4v) is 2.40. The van der Waals surface area contributed by atoms with Crippen molar-refractivity contribution in [2.45, 2.75) is 13.8 Å². The highest BCUT2D eigenvalue weighted by Crippen LogP contribution is 2.33. The van der Waals surface area contributed by atoms with E-state index in [0.717, 1.165) is 26.4 Å². The lowest BCUT2D eigenvalue weighted by atomic mass is 10.2. The first kappa shape index (κ1) is 10.4. The topological polar surface area (TPSA) is 51.8 Å². The van der Waals surface area contributed by atoms with Crippen LogP contribution < -0.4 is 5.73 Å². The van der Waals surface area contributed by atoms with E-state index in [1.54, 1.807) is 0 Å². The molecule has 2 rings (SSSR count). The van der Waals surface area contributed by atoms with Gasteiger partial charge in [0.15, 0.2) is 0 Å². The van der Waals surface area contributed by atoms with Crippen LogP contribution >= 0.6 is 22.9 Å². The molecule has 78 valence electrons. The number of aryl methyl sites for hydroxylation is 2. The van der Waals surface area contributed by atoms with Crippen molar-refractivity contribution >= 4 is 28.6 Å². The summed E-state index contributed by atoms with van der Waals surface area (Å²) >= 11 is 7.34. The Kier molecular flexibility index (Phi) is 2.63. The van der Waals surface area contributed by atoms with E-state index in [2.05, 4.69) is 9.97 Å². The van der Waals surface area contributed by atoms with Crippen molar-refractivity contribution in [3.63, 3.8) is 0 Å². The van der Waals surface area contributed by atoms with Gasteiger partial charge in [-0.3, -0.25) is 0 Å². The molecule has 0 saturated heterocycles. The number of hydrogen-bond donors (Lipinski definition) is 1. The van der Waals surface area contributed by atoms with Gasteiger partial charge in [0.05, 0.1) is 20.6 Å². The lowest BCUT2D eigenvalue weighted by Gasteiger charge is -2.05. The average Bonchev–Trinajstić information content (AvgIpc) is 2.58. The van der Waals surface area contributed by atoms with Crippen molar-refractivity contribution in [3.8, 4) is 10.6 Å². The van der Waals surface area contributed by atoms with Gasteiger partial charge in [-0.1, -0.05) is 11.6 Å². The van der Waals surface area contributed by atoms with Gasteiger partial charge >= 0.3 is 0 Å². The summed E-state index contributed by atoms with van der Waals surface area (Å²) in [5.41, 5.74) is 8.14. The lowest BCUT2D eigenvalue weighted by Crippen LogP contribution is -2.01. The van der Waals surface area contributed by atoms with Crippen LogP contribution in [0.2, 0.25) is 4.34 Å². The van der Waals surface area contributed by atoms with Gasteiger partial charge in [-0.05, 0) is 26.0 Å². The maximum absolute atomic E-state index is 5.93. The van der Waals surface area contributed by atoms with Crippen LogP contribution in [0.4, 0.5) is 5.69 Å². The quantitative estimate of drug-likeness (QED) is 0.832. The zero-order valence-corrected chi connectivity index (χ0v) is 9.99. The third kappa shape index (κ3) is 1.96. The van der Waals surface area contributed by atoms with Crippen LogP contribution in [0, 0.1) is 13.8 Å². The second-order valence-corrected chi connectivity index (χ2v) is 4.94. The van der Waals surface area contributed by atoms with Gasteiger partial charge in [-0.25, -0.2) is 9.97 Å². The average molecular weight is 240 g/mol. The molecule has 0 aromatic carbocycles. The molecular weight excluding hydrogens is 230 g/mol. The molecule has 15 heavy (non-hydrogen) atoms. The summed E-state index contributed by atoms with van der Waals surface area (Å²) in [6, 6.07) is 3.76. The number of aromatic nitrogens is 2. The molecule has 0 fully saturated rings. The second kappa shape index (κ2) is 3.79. The summed E-state index contributed by atoms with van der Waals surface area (Å²) in [5.74, 6) is 0.723. The van der Waals surface area contributed by atoms with Crippen molar-refractivity contribution < 1.29 is 0 Å². The number of nitrogens with two attached hydrogens (primary N) is 1. The van der Waals surface area contributed by atoms with E-state index in [9.17, 15) is 0 Å². The number of halogens is 1. The highest BCUT2D eigenvalue weighted by Gasteiger charge is 2.10. The summed E-state index contributed by atoms with van der Waals surface area (Å²) in [7, 11) is 0. The monoisotopic (exact) mass is 239 g/mol. The van der Waals surface area contributed by atoms with Crippen molar-refractivity contribution in [3.05, 3.63) is 28.0 Å². The number of hydrogen-bond acceptors (Lipinski definition) is 4. The highest BCUT2D eigenvalue weighted by molar-refractivity contribution is 7.19. The van der Waals surface area contributed by atoms with Gasteiger partial charge in [-0.2, -0.15) is 0 Å². The molecule has 2 N–H and O–H groups in total. The molecule has 0 aliphatic heterocycles. The van der Waals surface area contributed by atoms with Crippen LogP contribution in [-0.4, -0.2) is 9.97 Å². The number of nitrogens with zero attached hydrogens (tertiary/aromatic N) is 2. The summed E-state index contributed by atoms with van der Waals surface area (Å²) < 4.78 is 0.735. The molecule has 0 radical (unpaired) electrons. The number of thiophene rings is 1. The molecule has 0 unspecified atom stereocenters. The van der Waals surface area contributed by atoms with E-state index in [1.807, 2.05) is 26.0 Å². The number of nitrogen functional groups attached to an aromatic ring is 1. The molecule has 5 heteroatoms. The first-order valence-electron chi connectivity index (χ1n) is 4.44. The van der Waals surface area contributed by atoms with E-state index in [-0.39, 0.29) is 0 Å². The van der Waals surface area contributed by atoms with Crippen LogP contribution in [0.25, 0.3) is 10.6 Å². The van der Waals surface area contributed by atoms with Crippen molar-refractivity contribution in [1.82, 2.24) is 9.97 Å². The maximum atomic E-state index is 5.93. The van der Waals surface area contributed by atoms with Gasteiger partial charge in [0.1, 0.15) is 11.5 Å². The molecule has 2 aromatic heterocycles. The summed E-state index contributed by atoms with van der Waals surface area (Å²) in [6.07, 6.45) is 0. The Morgan fingerprint density at radius 1 is 1.27 bits per heavy atom. The van der Waals surface area contributed by atoms with Gasteiger partial charge < -0.3 is 5.73 Å². The standard InChI is InChI=1S/C10H10ClN3S/c1-5-9(12)10(14-6(2)13-5)7-3-4-8(11)15-7/h3-4H,12H2,1-2H3. The van der Waals surface area contributed by atoms with Crippen molar-refractivity contribution in [2.24, 2.45) is 0 Å². The van der Waals surface area contributed by atoms with Crippen LogP contribution in [0.3, 0.4) is 0 Å². The highest BCUT2D eigenvalue weighted by atomic mass is 35.5. The lowest BCUT2D eigenvalue weighted by molar-refractivity contribution is 1.02. The smallest absolute Gasteiger partial charge is 0.126 e. The van der Waals surface area contributed by atoms with Gasteiger partial charge in [-0.15, -0.1) is 11.3 Å². The normalized spacial score (nSPS) is 10.6. The summed E-state index contributed by atoms with van der Waals surface area (Å²) in [5, 5.41) is 0. The Morgan fingerprint density at radius 3 is 2.60 bits per heavy atom. The van der Waals surface area contributed by atoms with E-state index in [1.165, 1.54) is 11.3 Å². The molecule has 0 aliphatic rings. The fraction of sp³-hybridized carbons (Fsp3) is 0.200. The minimum atomic E-state index is 0.624. The second-order valence-electron chi connectivity index (χ2n) is 3.22. The molecular formula is C10H10ClN3S. The van der Waals surface area contributed by atoms with Gasteiger partial charge in [0.2, 0.25) is 0 Å². The van der Waals surface area contributed by atoms with E-state index in [4.69, 9.17) is 17.3 Å². The zero-order valence-electron chi connectivity index (χ0n) is 8.41. The van der Waals surface area contributed by atoms with Crippen LogP contribution in [0.5, 0.6) is 0 Å². The summed E-state index contributed by atoms with van der Waals surface area (Å²) in [4.78, 5) is 9.51.